The molecule has 1 aliphatic heterocycles. The van der Waals surface area contributed by atoms with Crippen LogP contribution in [0.25, 0.3) is 0 Å². The first-order valence-corrected chi connectivity index (χ1v) is 12.6. The fourth-order valence-electron chi connectivity index (χ4n) is 3.78. The second-order valence-electron chi connectivity index (χ2n) is 8.45. The zero-order chi connectivity index (χ0) is 23.6. The van der Waals surface area contributed by atoms with E-state index in [0.717, 1.165) is 52.2 Å². The molecule has 0 bridgehead atoms. The van der Waals surface area contributed by atoms with E-state index >= 15 is 0 Å². The number of halogens is 1. The molecule has 0 saturated carbocycles. The zero-order valence-corrected chi connectivity index (χ0v) is 21.0. The number of hydrogen-bond donors (Lipinski definition) is 3. The topological polar surface area (TPSA) is 96.9 Å². The van der Waals surface area contributed by atoms with Crippen molar-refractivity contribution in [1.29, 1.82) is 0 Å². The lowest BCUT2D eigenvalue weighted by Gasteiger charge is -2.34. The second-order valence-corrected chi connectivity index (χ2v) is 9.75. The highest BCUT2D eigenvalue weighted by Gasteiger charge is 2.16. The van der Waals surface area contributed by atoms with Crippen LogP contribution in [0.4, 0.5) is 11.6 Å². The summed E-state index contributed by atoms with van der Waals surface area (Å²) >= 11 is 7.35. The van der Waals surface area contributed by atoms with Gasteiger partial charge in [-0.2, -0.15) is 0 Å². The molecule has 1 saturated heterocycles. The predicted octanol–water partition coefficient (Wildman–Crippen LogP) is 2.87. The standard InChI is InChI=1S/C22H34ClN7O2S/c1-28(2)7-4-9-30-12-10-29(11-13-30)8-3-6-24-22-26-17(15-19(23)27-22)16-25-18-5-14-33-20(18)21(31)32/h5,14-15,25H,3-4,6-13,16H2,1-2H3,(H,31,32)(H,24,26,27). The molecule has 0 radical (unpaired) electrons. The first-order valence-electron chi connectivity index (χ1n) is 11.3. The molecule has 9 nitrogen and oxygen atoms in total. The van der Waals surface area contributed by atoms with Gasteiger partial charge in [0.1, 0.15) is 10.0 Å². The van der Waals surface area contributed by atoms with Crippen LogP contribution in [0, 0.1) is 0 Å². The monoisotopic (exact) mass is 495 g/mol. The molecule has 0 aromatic carbocycles. The molecule has 33 heavy (non-hydrogen) atoms. The molecule has 3 N–H and O–H groups in total. The summed E-state index contributed by atoms with van der Waals surface area (Å²) < 4.78 is 0. The second kappa shape index (κ2) is 13.0. The lowest BCUT2D eigenvalue weighted by atomic mass is 10.2. The molecule has 2 aromatic rings. The third kappa shape index (κ3) is 8.71. The first kappa shape index (κ1) is 25.6. The Morgan fingerprint density at radius 2 is 1.85 bits per heavy atom. The van der Waals surface area contributed by atoms with Crippen molar-refractivity contribution in [2.24, 2.45) is 0 Å². The lowest BCUT2D eigenvalue weighted by molar-refractivity contribution is 0.0703. The van der Waals surface area contributed by atoms with Crippen LogP contribution in [0.5, 0.6) is 0 Å². The fraction of sp³-hybridized carbons (Fsp3) is 0.591. The number of piperazine rings is 1. The molecule has 1 aliphatic rings. The van der Waals surface area contributed by atoms with E-state index in [1.807, 2.05) is 0 Å². The third-order valence-electron chi connectivity index (χ3n) is 5.55. The van der Waals surface area contributed by atoms with Gasteiger partial charge in [-0.15, -0.1) is 11.3 Å². The summed E-state index contributed by atoms with van der Waals surface area (Å²) in [6.07, 6.45) is 2.23. The maximum Gasteiger partial charge on any atom is 0.348 e. The average Bonchev–Trinajstić information content (AvgIpc) is 3.25. The van der Waals surface area contributed by atoms with E-state index in [-0.39, 0.29) is 4.88 Å². The van der Waals surface area contributed by atoms with Crippen molar-refractivity contribution in [3.63, 3.8) is 0 Å². The Kier molecular flexibility index (Phi) is 10.1. The number of hydrogen-bond acceptors (Lipinski definition) is 9. The maximum atomic E-state index is 11.2. The summed E-state index contributed by atoms with van der Waals surface area (Å²) in [5, 5.41) is 17.7. The van der Waals surface area contributed by atoms with Gasteiger partial charge in [-0.05, 0) is 64.1 Å². The van der Waals surface area contributed by atoms with Crippen LogP contribution in [-0.4, -0.2) is 102 Å². The molecule has 11 heteroatoms. The lowest BCUT2D eigenvalue weighted by Crippen LogP contribution is -2.47. The Balaban J connectivity index is 1.36. The predicted molar refractivity (Wildman–Crippen MR) is 135 cm³/mol. The number of nitrogens with zero attached hydrogens (tertiary/aromatic N) is 5. The minimum atomic E-state index is -0.943. The van der Waals surface area contributed by atoms with Crippen LogP contribution < -0.4 is 10.6 Å². The summed E-state index contributed by atoms with van der Waals surface area (Å²) in [5.74, 6) is -0.449. The van der Waals surface area contributed by atoms with Crippen molar-refractivity contribution in [3.05, 3.63) is 33.2 Å². The van der Waals surface area contributed by atoms with Gasteiger partial charge in [-0.25, -0.2) is 14.8 Å². The Hall–Kier alpha value is -1.98. The van der Waals surface area contributed by atoms with Crippen molar-refractivity contribution in [2.75, 3.05) is 77.1 Å². The molecule has 0 spiro atoms. The Morgan fingerprint density at radius 3 is 2.52 bits per heavy atom. The first-order chi connectivity index (χ1) is 15.9. The summed E-state index contributed by atoms with van der Waals surface area (Å²) in [6.45, 7) is 9.03. The molecule has 3 heterocycles. The van der Waals surface area contributed by atoms with E-state index in [4.69, 9.17) is 11.6 Å². The summed E-state index contributed by atoms with van der Waals surface area (Å²) in [5.41, 5.74) is 1.28. The van der Waals surface area contributed by atoms with Gasteiger partial charge >= 0.3 is 5.97 Å². The molecule has 3 rings (SSSR count). The van der Waals surface area contributed by atoms with Crippen LogP contribution in [0.2, 0.25) is 5.15 Å². The Morgan fingerprint density at radius 1 is 1.15 bits per heavy atom. The van der Waals surface area contributed by atoms with Gasteiger partial charge in [0.25, 0.3) is 0 Å². The van der Waals surface area contributed by atoms with Gasteiger partial charge in [0.15, 0.2) is 0 Å². The maximum absolute atomic E-state index is 11.2. The third-order valence-corrected chi connectivity index (χ3v) is 6.64. The van der Waals surface area contributed by atoms with E-state index in [1.54, 1.807) is 17.5 Å². The van der Waals surface area contributed by atoms with Crippen molar-refractivity contribution in [3.8, 4) is 0 Å². The number of rotatable bonds is 13. The number of aromatic carboxylic acids is 1. The fourth-order valence-corrected chi connectivity index (χ4v) is 4.70. The molecule has 182 valence electrons. The number of carboxylic acids is 1. The molecule has 0 aliphatic carbocycles. The molecular weight excluding hydrogens is 462 g/mol. The molecule has 2 aromatic heterocycles. The number of thiophene rings is 1. The number of anilines is 2. The normalized spacial score (nSPS) is 15.2. The van der Waals surface area contributed by atoms with Gasteiger partial charge in [0, 0.05) is 32.7 Å². The minimum Gasteiger partial charge on any atom is -0.477 e. The van der Waals surface area contributed by atoms with E-state index in [0.29, 0.717) is 29.0 Å². The largest absolute Gasteiger partial charge is 0.477 e. The van der Waals surface area contributed by atoms with Crippen LogP contribution >= 0.6 is 22.9 Å². The van der Waals surface area contributed by atoms with Crippen molar-refractivity contribution < 1.29 is 9.90 Å². The SMILES string of the molecule is CN(C)CCCN1CCN(CCCNc2nc(Cl)cc(CNc3ccsc3C(=O)O)n2)CC1. The Labute approximate surface area is 204 Å². The number of nitrogens with one attached hydrogen (secondary N) is 2. The van der Waals surface area contributed by atoms with E-state index in [1.165, 1.54) is 24.3 Å². The number of aromatic nitrogens is 2. The number of carbonyl (C=O) groups is 1. The van der Waals surface area contributed by atoms with Crippen molar-refractivity contribution in [1.82, 2.24) is 24.7 Å². The van der Waals surface area contributed by atoms with Gasteiger partial charge in [0.2, 0.25) is 5.95 Å². The Bertz CT molecular complexity index is 887. The van der Waals surface area contributed by atoms with Crippen LogP contribution in [0.3, 0.4) is 0 Å². The molecule has 0 atom stereocenters. The van der Waals surface area contributed by atoms with Crippen molar-refractivity contribution in [2.45, 2.75) is 19.4 Å². The van der Waals surface area contributed by atoms with Crippen LogP contribution in [0.1, 0.15) is 28.2 Å². The van der Waals surface area contributed by atoms with Crippen LogP contribution in [-0.2, 0) is 6.54 Å². The van der Waals surface area contributed by atoms with E-state index < -0.39 is 5.97 Å². The molecule has 0 unspecified atom stereocenters. The number of carboxylic acid groups (broad SMARTS) is 1. The highest BCUT2D eigenvalue weighted by atomic mass is 35.5. The molecule has 0 amide bonds. The summed E-state index contributed by atoms with van der Waals surface area (Å²) in [4.78, 5) is 27.6. The minimum absolute atomic E-state index is 0.280. The summed E-state index contributed by atoms with van der Waals surface area (Å²) in [6, 6.07) is 3.43. The highest BCUT2D eigenvalue weighted by Crippen LogP contribution is 2.23. The van der Waals surface area contributed by atoms with E-state index in [2.05, 4.69) is 49.4 Å². The summed E-state index contributed by atoms with van der Waals surface area (Å²) in [7, 11) is 4.25. The zero-order valence-electron chi connectivity index (χ0n) is 19.4. The highest BCUT2D eigenvalue weighted by molar-refractivity contribution is 7.12. The van der Waals surface area contributed by atoms with Crippen LogP contribution in [0.15, 0.2) is 17.5 Å². The van der Waals surface area contributed by atoms with Gasteiger partial charge in [0.05, 0.1) is 17.9 Å². The van der Waals surface area contributed by atoms with Gasteiger partial charge < -0.3 is 30.4 Å². The van der Waals surface area contributed by atoms with Crippen molar-refractivity contribution >= 4 is 40.5 Å². The quantitative estimate of drug-likeness (QED) is 0.286. The van der Waals surface area contributed by atoms with Gasteiger partial charge in [-0.1, -0.05) is 11.6 Å². The molecule has 1 fully saturated rings. The molecular formula is C22H34ClN7O2S. The average molecular weight is 496 g/mol. The van der Waals surface area contributed by atoms with Gasteiger partial charge in [-0.3, -0.25) is 0 Å². The van der Waals surface area contributed by atoms with E-state index in [9.17, 15) is 9.90 Å². The smallest absolute Gasteiger partial charge is 0.348 e.